The normalized spacial score (nSPS) is 10.9. The van der Waals surface area contributed by atoms with Crippen LogP contribution in [0, 0.1) is 0 Å². The van der Waals surface area contributed by atoms with Gasteiger partial charge in [-0.25, -0.2) is 0 Å². The standard InChI is InChI=1S/C4H10ClN5/c1-10(2)4(9-5)8-3(6)7/h1-2H3,(H4,6,7,8,9). The minimum absolute atomic E-state index is 0.0619. The fourth-order valence-corrected chi connectivity index (χ4v) is 0.499. The lowest BCUT2D eigenvalue weighted by molar-refractivity contribution is 0.616. The molecule has 0 unspecified atom stereocenters. The van der Waals surface area contributed by atoms with Crippen molar-refractivity contribution in [2.45, 2.75) is 0 Å². The molecule has 0 fully saturated rings. The third kappa shape index (κ3) is 3.13. The first-order chi connectivity index (χ1) is 4.57. The zero-order chi connectivity index (χ0) is 8.15. The Kier molecular flexibility index (Phi) is 3.56. The fourth-order valence-electron chi connectivity index (χ4n) is 0.310. The number of hydrogen-bond donors (Lipinski definition) is 2. The average molecular weight is 164 g/mol. The van der Waals surface area contributed by atoms with E-state index in [-0.39, 0.29) is 11.9 Å². The van der Waals surface area contributed by atoms with Crippen molar-refractivity contribution in [3.05, 3.63) is 0 Å². The van der Waals surface area contributed by atoms with Crippen molar-refractivity contribution < 1.29 is 0 Å². The van der Waals surface area contributed by atoms with Gasteiger partial charge >= 0.3 is 0 Å². The van der Waals surface area contributed by atoms with E-state index in [1.807, 2.05) is 0 Å². The van der Waals surface area contributed by atoms with Gasteiger partial charge in [-0.3, -0.25) is 0 Å². The Morgan fingerprint density at radius 1 is 1.40 bits per heavy atom. The Morgan fingerprint density at radius 3 is 2.00 bits per heavy atom. The molecule has 0 aromatic rings. The van der Waals surface area contributed by atoms with Crippen LogP contribution < -0.4 is 11.5 Å². The van der Waals surface area contributed by atoms with Crippen molar-refractivity contribution in [1.82, 2.24) is 4.90 Å². The lowest BCUT2D eigenvalue weighted by Crippen LogP contribution is -2.28. The predicted octanol–water partition coefficient (Wildman–Crippen LogP) is -0.669. The first-order valence-corrected chi connectivity index (χ1v) is 2.87. The van der Waals surface area contributed by atoms with Gasteiger partial charge in [0.05, 0.1) is 0 Å². The van der Waals surface area contributed by atoms with Crippen molar-refractivity contribution in [2.24, 2.45) is 21.0 Å². The molecule has 0 rings (SSSR count). The largest absolute Gasteiger partial charge is 0.370 e. The third-order valence-corrected chi connectivity index (χ3v) is 0.856. The SMILES string of the molecule is CN(C)C(N=C(N)N)=NCl. The monoisotopic (exact) mass is 163 g/mol. The van der Waals surface area contributed by atoms with Gasteiger partial charge in [0.15, 0.2) is 5.96 Å². The zero-order valence-electron chi connectivity index (χ0n) is 5.87. The number of nitrogens with two attached hydrogens (primary N) is 2. The summed E-state index contributed by atoms with van der Waals surface area (Å²) in [7, 11) is 3.46. The number of rotatable bonds is 0. The molecule has 0 saturated carbocycles. The number of halogens is 1. The molecule has 0 aromatic carbocycles. The lowest BCUT2D eigenvalue weighted by atomic mass is 10.8. The topological polar surface area (TPSA) is 80.0 Å². The van der Waals surface area contributed by atoms with Gasteiger partial charge in [0.25, 0.3) is 0 Å². The van der Waals surface area contributed by atoms with E-state index >= 15 is 0 Å². The van der Waals surface area contributed by atoms with E-state index in [0.29, 0.717) is 0 Å². The van der Waals surface area contributed by atoms with Gasteiger partial charge in [-0.15, -0.1) is 4.51 Å². The van der Waals surface area contributed by atoms with Crippen molar-refractivity contribution in [3.63, 3.8) is 0 Å². The molecule has 4 N–H and O–H groups in total. The van der Waals surface area contributed by atoms with Crippen molar-refractivity contribution in [2.75, 3.05) is 14.1 Å². The molecule has 0 bridgehead atoms. The van der Waals surface area contributed by atoms with Crippen LogP contribution in [0.3, 0.4) is 0 Å². The van der Waals surface area contributed by atoms with Crippen molar-refractivity contribution >= 4 is 23.7 Å². The maximum Gasteiger partial charge on any atom is 0.240 e. The molecule has 0 spiro atoms. The highest BCUT2D eigenvalue weighted by atomic mass is 35.5. The molecule has 0 aliphatic heterocycles. The molecular weight excluding hydrogens is 154 g/mol. The van der Waals surface area contributed by atoms with Gasteiger partial charge in [-0.1, -0.05) is 0 Å². The average Bonchev–Trinajstić information content (AvgIpc) is 1.81. The summed E-state index contributed by atoms with van der Waals surface area (Å²) < 4.78 is 3.30. The summed E-state index contributed by atoms with van der Waals surface area (Å²) in [4.78, 5) is 5.20. The summed E-state index contributed by atoms with van der Waals surface area (Å²) in [6.07, 6.45) is 0. The predicted molar refractivity (Wildman–Crippen MR) is 42.8 cm³/mol. The molecule has 58 valence electrons. The lowest BCUT2D eigenvalue weighted by Gasteiger charge is -2.08. The Balaban J connectivity index is 4.26. The van der Waals surface area contributed by atoms with E-state index in [4.69, 9.17) is 23.2 Å². The quantitative estimate of drug-likeness (QED) is 0.367. The maximum absolute atomic E-state index is 5.13. The van der Waals surface area contributed by atoms with Crippen LogP contribution in [0.4, 0.5) is 0 Å². The minimum Gasteiger partial charge on any atom is -0.370 e. The summed E-state index contributed by atoms with van der Waals surface area (Å²) in [5.74, 6) is 0.217. The Labute approximate surface area is 64.5 Å². The van der Waals surface area contributed by atoms with Crippen molar-refractivity contribution in [3.8, 4) is 0 Å². The zero-order valence-corrected chi connectivity index (χ0v) is 6.63. The Morgan fingerprint density at radius 2 is 1.90 bits per heavy atom. The van der Waals surface area contributed by atoms with Crippen molar-refractivity contribution in [1.29, 1.82) is 0 Å². The first-order valence-electron chi connectivity index (χ1n) is 2.54. The molecular formula is C4H10ClN5. The molecule has 0 aromatic heterocycles. The highest BCUT2D eigenvalue weighted by molar-refractivity contribution is 6.20. The van der Waals surface area contributed by atoms with E-state index in [2.05, 4.69) is 9.50 Å². The summed E-state index contributed by atoms with van der Waals surface area (Å²) in [5, 5.41) is 0. The van der Waals surface area contributed by atoms with Crippen LogP contribution in [-0.4, -0.2) is 30.9 Å². The Bertz CT molecular complexity index is 157. The summed E-state index contributed by atoms with van der Waals surface area (Å²) >= 11 is 5.13. The second-order valence-corrected chi connectivity index (χ2v) is 1.98. The summed E-state index contributed by atoms with van der Waals surface area (Å²) in [6, 6.07) is 0. The number of guanidine groups is 2. The van der Waals surface area contributed by atoms with Crippen LogP contribution in [-0.2, 0) is 0 Å². The van der Waals surface area contributed by atoms with E-state index in [1.54, 1.807) is 19.0 Å². The van der Waals surface area contributed by atoms with Gasteiger partial charge in [-0.2, -0.15) is 4.99 Å². The van der Waals surface area contributed by atoms with E-state index in [0.717, 1.165) is 0 Å². The Hall–Kier alpha value is -0.970. The van der Waals surface area contributed by atoms with Crippen LogP contribution in [0.1, 0.15) is 0 Å². The van der Waals surface area contributed by atoms with Crippen LogP contribution in [0.2, 0.25) is 0 Å². The van der Waals surface area contributed by atoms with E-state index in [1.165, 1.54) is 0 Å². The highest BCUT2D eigenvalue weighted by Gasteiger charge is 1.97. The van der Waals surface area contributed by atoms with Crippen LogP contribution in [0.5, 0.6) is 0 Å². The number of hydrogen-bond acceptors (Lipinski definition) is 1. The highest BCUT2D eigenvalue weighted by Crippen LogP contribution is 1.88. The van der Waals surface area contributed by atoms with Gasteiger partial charge in [0, 0.05) is 25.9 Å². The van der Waals surface area contributed by atoms with E-state index in [9.17, 15) is 0 Å². The fraction of sp³-hybridized carbons (Fsp3) is 0.500. The van der Waals surface area contributed by atoms with Crippen LogP contribution in [0.25, 0.3) is 0 Å². The number of aliphatic imine (C=N–C) groups is 1. The summed E-state index contributed by atoms with van der Waals surface area (Å²) in [5.41, 5.74) is 10.1. The molecule has 0 atom stereocenters. The molecule has 0 heterocycles. The smallest absolute Gasteiger partial charge is 0.240 e. The molecule has 10 heavy (non-hydrogen) atoms. The second kappa shape index (κ2) is 3.94. The maximum atomic E-state index is 5.13. The van der Waals surface area contributed by atoms with Crippen LogP contribution in [0.15, 0.2) is 9.50 Å². The van der Waals surface area contributed by atoms with Gasteiger partial charge < -0.3 is 16.4 Å². The van der Waals surface area contributed by atoms with E-state index < -0.39 is 0 Å². The molecule has 0 aliphatic carbocycles. The summed E-state index contributed by atoms with van der Waals surface area (Å²) in [6.45, 7) is 0. The molecule has 0 saturated heterocycles. The second-order valence-electron chi connectivity index (χ2n) is 1.82. The molecule has 0 amide bonds. The third-order valence-electron chi connectivity index (χ3n) is 0.705. The van der Waals surface area contributed by atoms with Gasteiger partial charge in [0.1, 0.15) is 0 Å². The molecule has 0 radical (unpaired) electrons. The molecule has 0 aliphatic rings. The minimum atomic E-state index is -0.0619. The molecule has 6 heteroatoms. The van der Waals surface area contributed by atoms with Gasteiger partial charge in [0.2, 0.25) is 5.96 Å². The number of nitrogens with zero attached hydrogens (tertiary/aromatic N) is 3. The molecule has 5 nitrogen and oxygen atoms in total. The van der Waals surface area contributed by atoms with Crippen LogP contribution >= 0.6 is 11.8 Å². The first kappa shape index (κ1) is 9.03. The van der Waals surface area contributed by atoms with Gasteiger partial charge in [-0.05, 0) is 0 Å².